The zero-order valence-corrected chi connectivity index (χ0v) is 18.2. The van der Waals surface area contributed by atoms with E-state index in [0.29, 0.717) is 0 Å². The molecule has 6 nitrogen and oxygen atoms in total. The van der Waals surface area contributed by atoms with Crippen LogP contribution in [0.3, 0.4) is 0 Å². The van der Waals surface area contributed by atoms with Crippen LogP contribution >= 0.6 is 0 Å². The van der Waals surface area contributed by atoms with Crippen LogP contribution in [0.5, 0.6) is 0 Å². The number of aromatic nitrogens is 2. The summed E-state index contributed by atoms with van der Waals surface area (Å²) in [4.78, 5) is 5.08. The number of nitrogens with one attached hydrogen (secondary N) is 3. The Morgan fingerprint density at radius 1 is 1.23 bits per heavy atom. The summed E-state index contributed by atoms with van der Waals surface area (Å²) in [5.41, 5.74) is 6.18. The molecule has 0 amide bonds. The molecule has 30 heavy (non-hydrogen) atoms. The molecule has 6 heteroatoms. The van der Waals surface area contributed by atoms with Crippen molar-refractivity contribution in [2.24, 2.45) is 0 Å². The fraction of sp³-hybridized carbons (Fsp3) is 0.500. The number of para-hydroxylation sites is 2. The molecule has 158 valence electrons. The molecule has 0 saturated carbocycles. The van der Waals surface area contributed by atoms with Crippen molar-refractivity contribution in [1.29, 1.82) is 5.26 Å². The number of rotatable bonds is 8. The van der Waals surface area contributed by atoms with E-state index in [2.05, 4.69) is 52.8 Å². The van der Waals surface area contributed by atoms with Crippen LogP contribution in [-0.2, 0) is 11.2 Å². The first-order valence-corrected chi connectivity index (χ1v) is 11.3. The van der Waals surface area contributed by atoms with Gasteiger partial charge in [-0.15, -0.1) is 0 Å². The van der Waals surface area contributed by atoms with Crippen molar-refractivity contribution >= 4 is 22.5 Å². The van der Waals surface area contributed by atoms with Crippen LogP contribution in [0.2, 0.25) is 0 Å². The van der Waals surface area contributed by atoms with E-state index in [1.165, 1.54) is 18.4 Å². The van der Waals surface area contributed by atoms with E-state index in [-0.39, 0.29) is 0 Å². The summed E-state index contributed by atoms with van der Waals surface area (Å²) in [6.07, 6.45) is 4.52. The van der Waals surface area contributed by atoms with Crippen molar-refractivity contribution in [3.8, 4) is 6.07 Å². The first-order valence-electron chi connectivity index (χ1n) is 11.3. The Hall–Kier alpha value is -2.62. The molecule has 2 aromatic heterocycles. The number of aromatic amines is 1. The first-order chi connectivity index (χ1) is 14.7. The third kappa shape index (κ3) is 4.00. The van der Waals surface area contributed by atoms with Crippen LogP contribution in [0.15, 0.2) is 24.3 Å². The molecule has 3 aromatic rings. The average molecular weight is 408 g/mol. The van der Waals surface area contributed by atoms with Crippen molar-refractivity contribution < 1.29 is 14.0 Å². The molecule has 1 saturated heterocycles. The van der Waals surface area contributed by atoms with Gasteiger partial charge in [-0.05, 0) is 37.5 Å². The second kappa shape index (κ2) is 9.46. The highest BCUT2D eigenvalue weighted by molar-refractivity contribution is 5.78. The summed E-state index contributed by atoms with van der Waals surface area (Å²) in [5.74, 6) is 1.14. The molecule has 1 fully saturated rings. The van der Waals surface area contributed by atoms with E-state index >= 15 is 0 Å². The summed E-state index contributed by atoms with van der Waals surface area (Å²) in [6.45, 7) is 10.2. The summed E-state index contributed by atoms with van der Waals surface area (Å²) < 4.78 is 7.73. The number of quaternary nitrogens is 1. The fourth-order valence-corrected chi connectivity index (χ4v) is 4.57. The summed E-state index contributed by atoms with van der Waals surface area (Å²) in [5, 5.41) is 13.7. The second-order valence-corrected chi connectivity index (χ2v) is 8.26. The van der Waals surface area contributed by atoms with Crippen molar-refractivity contribution in [1.82, 2.24) is 4.98 Å². The SMILES string of the molecule is CCCCCc1c(C)c(C#N)c2[nH]c3ccccc3[n+]2c1NCC[NH+]1CCOCC1. The number of pyridine rings is 1. The normalized spacial score (nSPS) is 15.0. The van der Waals surface area contributed by atoms with Crippen molar-refractivity contribution in [2.45, 2.75) is 39.5 Å². The van der Waals surface area contributed by atoms with Crippen molar-refractivity contribution in [2.75, 3.05) is 44.7 Å². The number of benzene rings is 1. The van der Waals surface area contributed by atoms with Gasteiger partial charge >= 0.3 is 0 Å². The summed E-state index contributed by atoms with van der Waals surface area (Å²) >= 11 is 0. The third-order valence-corrected chi connectivity index (χ3v) is 6.31. The van der Waals surface area contributed by atoms with Gasteiger partial charge in [0.2, 0.25) is 11.5 Å². The highest BCUT2D eigenvalue weighted by Gasteiger charge is 2.25. The Labute approximate surface area is 178 Å². The lowest BCUT2D eigenvalue weighted by Gasteiger charge is -2.23. The standard InChI is InChI=1S/C24H31N5O/c1-3-4-5-8-19-18(2)20(17-25)24-27-21-9-6-7-10-22(21)29(24)23(19)26-11-12-28-13-15-30-16-14-28/h6-7,9-10H,3-5,8,11-16H2,1-2H3,(H,26,27)/p+2. The maximum atomic E-state index is 9.96. The van der Waals surface area contributed by atoms with E-state index in [4.69, 9.17) is 4.74 Å². The van der Waals surface area contributed by atoms with Crippen LogP contribution < -0.4 is 14.6 Å². The average Bonchev–Trinajstić information content (AvgIpc) is 3.15. The molecule has 1 aliphatic rings. The van der Waals surface area contributed by atoms with Gasteiger partial charge in [0.15, 0.2) is 0 Å². The maximum Gasteiger partial charge on any atom is 0.250 e. The minimum absolute atomic E-state index is 0.752. The fourth-order valence-electron chi connectivity index (χ4n) is 4.57. The molecule has 0 radical (unpaired) electrons. The molecule has 0 atom stereocenters. The molecule has 1 aromatic carbocycles. The lowest BCUT2D eigenvalue weighted by Crippen LogP contribution is -3.14. The van der Waals surface area contributed by atoms with E-state index in [9.17, 15) is 5.26 Å². The molecule has 0 spiro atoms. The molecule has 0 aliphatic carbocycles. The van der Waals surface area contributed by atoms with E-state index in [1.807, 2.05) is 6.07 Å². The Morgan fingerprint density at radius 2 is 2.03 bits per heavy atom. The highest BCUT2D eigenvalue weighted by Crippen LogP contribution is 2.26. The minimum Gasteiger partial charge on any atom is -0.370 e. The predicted octanol–water partition coefficient (Wildman–Crippen LogP) is 2.15. The lowest BCUT2D eigenvalue weighted by molar-refractivity contribution is -0.906. The topological polar surface area (TPSA) is 69.4 Å². The number of hydrogen-bond acceptors (Lipinski definition) is 3. The monoisotopic (exact) mass is 407 g/mol. The molecular weight excluding hydrogens is 374 g/mol. The number of anilines is 1. The van der Waals surface area contributed by atoms with Crippen LogP contribution in [0.4, 0.5) is 5.82 Å². The summed E-state index contributed by atoms with van der Waals surface area (Å²) in [7, 11) is 0. The van der Waals surface area contributed by atoms with E-state index < -0.39 is 0 Å². The number of fused-ring (bicyclic) bond motifs is 3. The minimum atomic E-state index is 0.752. The smallest absolute Gasteiger partial charge is 0.250 e. The number of ether oxygens (including phenoxy) is 1. The van der Waals surface area contributed by atoms with Crippen molar-refractivity contribution in [3.05, 3.63) is 41.0 Å². The first kappa shape index (κ1) is 20.6. The Kier molecular flexibility index (Phi) is 6.51. The second-order valence-electron chi connectivity index (χ2n) is 8.26. The third-order valence-electron chi connectivity index (χ3n) is 6.31. The van der Waals surface area contributed by atoms with Gasteiger partial charge in [-0.3, -0.25) is 10.3 Å². The van der Waals surface area contributed by atoms with Gasteiger partial charge in [0.25, 0.3) is 0 Å². The van der Waals surface area contributed by atoms with Crippen LogP contribution in [0, 0.1) is 18.3 Å². The van der Waals surface area contributed by atoms with Gasteiger partial charge in [-0.2, -0.15) is 9.66 Å². The van der Waals surface area contributed by atoms with Crippen LogP contribution in [0.25, 0.3) is 16.7 Å². The van der Waals surface area contributed by atoms with E-state index in [1.54, 1.807) is 4.90 Å². The van der Waals surface area contributed by atoms with E-state index in [0.717, 1.165) is 85.9 Å². The number of unbranched alkanes of at least 4 members (excludes halogenated alkanes) is 2. The molecule has 0 bridgehead atoms. The largest absolute Gasteiger partial charge is 0.370 e. The van der Waals surface area contributed by atoms with Gasteiger partial charge in [0, 0.05) is 5.56 Å². The van der Waals surface area contributed by atoms with Gasteiger partial charge in [0.1, 0.15) is 48.8 Å². The number of imidazole rings is 1. The predicted molar refractivity (Wildman–Crippen MR) is 119 cm³/mol. The van der Waals surface area contributed by atoms with Gasteiger partial charge in [-0.25, -0.2) is 0 Å². The van der Waals surface area contributed by atoms with Gasteiger partial charge in [0.05, 0.1) is 13.2 Å². The number of morpholine rings is 1. The molecular formula is C24H33N5O+2. The molecule has 3 heterocycles. The number of H-pyrrole nitrogens is 1. The Bertz CT molecular complexity index is 1060. The molecule has 4 rings (SSSR count). The van der Waals surface area contributed by atoms with Crippen LogP contribution in [0.1, 0.15) is 42.9 Å². The summed E-state index contributed by atoms with van der Waals surface area (Å²) in [6, 6.07) is 10.8. The number of hydrogen-bond donors (Lipinski definition) is 3. The quantitative estimate of drug-likeness (QED) is 0.396. The molecule has 0 unspecified atom stereocenters. The maximum absolute atomic E-state index is 9.96. The Balaban J connectivity index is 1.77. The molecule has 1 aliphatic heterocycles. The Morgan fingerprint density at radius 3 is 2.80 bits per heavy atom. The number of nitriles is 1. The van der Waals surface area contributed by atoms with Crippen LogP contribution in [-0.4, -0.2) is 44.4 Å². The van der Waals surface area contributed by atoms with Gasteiger partial charge < -0.3 is 9.64 Å². The zero-order chi connectivity index (χ0) is 20.9. The van der Waals surface area contributed by atoms with Crippen molar-refractivity contribution in [3.63, 3.8) is 0 Å². The highest BCUT2D eigenvalue weighted by atomic mass is 16.5. The zero-order valence-electron chi connectivity index (χ0n) is 18.2. The molecule has 3 N–H and O–H groups in total. The number of nitrogens with zero attached hydrogens (tertiary/aromatic N) is 2. The van der Waals surface area contributed by atoms with Gasteiger partial charge in [-0.1, -0.05) is 31.9 Å². The lowest BCUT2D eigenvalue weighted by atomic mass is 9.99.